The number of para-hydroxylation sites is 2. The minimum Gasteiger partial charge on any atom is -0.495 e. The van der Waals surface area contributed by atoms with Gasteiger partial charge in [0.15, 0.2) is 10.9 Å². The number of thioether (sulfide) groups is 1. The zero-order chi connectivity index (χ0) is 18.9. The first kappa shape index (κ1) is 20.0. The summed E-state index contributed by atoms with van der Waals surface area (Å²) < 4.78 is 5.18. The molecule has 138 valence electrons. The normalized spacial score (nSPS) is 10.3. The van der Waals surface area contributed by atoms with E-state index >= 15 is 0 Å². The molecule has 1 heterocycles. The molecule has 0 unspecified atom stereocenters. The number of halogens is 1. The van der Waals surface area contributed by atoms with Crippen LogP contribution in [0.15, 0.2) is 35.6 Å². The summed E-state index contributed by atoms with van der Waals surface area (Å²) in [6.07, 6.45) is 3.94. The molecule has 2 aromatic rings. The summed E-state index contributed by atoms with van der Waals surface area (Å²) in [5.41, 5.74) is 0.742. The van der Waals surface area contributed by atoms with Crippen molar-refractivity contribution in [3.63, 3.8) is 0 Å². The summed E-state index contributed by atoms with van der Waals surface area (Å²) in [5.74, 6) is 0.0449. The Balaban J connectivity index is 1.79. The van der Waals surface area contributed by atoms with Crippen molar-refractivity contribution in [1.29, 1.82) is 0 Å². The van der Waals surface area contributed by atoms with Crippen LogP contribution in [0, 0.1) is 0 Å². The number of amides is 2. The number of ether oxygens (including phenoxy) is 1. The highest BCUT2D eigenvalue weighted by Crippen LogP contribution is 2.23. The second kappa shape index (κ2) is 9.98. The molecule has 0 saturated heterocycles. The van der Waals surface area contributed by atoms with Gasteiger partial charge < -0.3 is 15.4 Å². The van der Waals surface area contributed by atoms with E-state index in [2.05, 4.69) is 20.6 Å². The lowest BCUT2D eigenvalue weighted by atomic mass is 10.2. The first-order chi connectivity index (χ1) is 12.5. The average Bonchev–Trinajstić information content (AvgIpc) is 2.66. The Morgan fingerprint density at radius 1 is 1.31 bits per heavy atom. The molecule has 0 saturated carbocycles. The molecule has 0 radical (unpaired) electrons. The molecule has 0 fully saturated rings. The van der Waals surface area contributed by atoms with Crippen LogP contribution in [0.25, 0.3) is 0 Å². The number of nitrogens with zero attached hydrogens (tertiary/aromatic N) is 2. The Hall–Kier alpha value is -2.32. The number of carbonyl (C=O) groups excluding carboxylic acids is 2. The summed E-state index contributed by atoms with van der Waals surface area (Å²) in [7, 11) is 1.54. The van der Waals surface area contributed by atoms with Gasteiger partial charge in [-0.3, -0.25) is 9.59 Å². The van der Waals surface area contributed by atoms with Gasteiger partial charge in [-0.05, 0) is 24.8 Å². The number of carbonyl (C=O) groups is 2. The molecule has 2 amide bonds. The second-order valence-corrected chi connectivity index (χ2v) is 6.34. The Labute approximate surface area is 160 Å². The van der Waals surface area contributed by atoms with Crippen molar-refractivity contribution in [3.05, 3.63) is 41.2 Å². The van der Waals surface area contributed by atoms with Crippen molar-refractivity contribution in [2.24, 2.45) is 0 Å². The fourth-order valence-corrected chi connectivity index (χ4v) is 2.62. The van der Waals surface area contributed by atoms with E-state index in [0.29, 0.717) is 29.6 Å². The second-order valence-electron chi connectivity index (χ2n) is 5.16. The number of rotatable bonds is 8. The maximum absolute atomic E-state index is 12.1. The van der Waals surface area contributed by atoms with Gasteiger partial charge in [-0.15, -0.1) is 0 Å². The van der Waals surface area contributed by atoms with Crippen LogP contribution in [0.4, 0.5) is 5.69 Å². The van der Waals surface area contributed by atoms with Crippen molar-refractivity contribution in [2.45, 2.75) is 18.0 Å². The van der Waals surface area contributed by atoms with Crippen LogP contribution in [-0.4, -0.2) is 41.7 Å². The zero-order valence-electron chi connectivity index (χ0n) is 14.4. The number of methoxy groups -OCH3 is 1. The van der Waals surface area contributed by atoms with Gasteiger partial charge in [0.25, 0.3) is 5.91 Å². The summed E-state index contributed by atoms with van der Waals surface area (Å²) in [6, 6.07) is 7.17. The third-order valence-corrected chi connectivity index (χ3v) is 4.21. The average molecular weight is 395 g/mol. The third kappa shape index (κ3) is 5.60. The summed E-state index contributed by atoms with van der Waals surface area (Å²) in [4.78, 5) is 32.2. The lowest BCUT2D eigenvalue weighted by Crippen LogP contribution is -2.27. The number of hydrogen-bond acceptors (Lipinski definition) is 6. The summed E-state index contributed by atoms with van der Waals surface area (Å²) in [5, 5.41) is 6.15. The van der Waals surface area contributed by atoms with E-state index in [1.165, 1.54) is 18.0 Å². The molecule has 0 bridgehead atoms. The molecule has 26 heavy (non-hydrogen) atoms. The minimum absolute atomic E-state index is 0.129. The van der Waals surface area contributed by atoms with Gasteiger partial charge in [-0.25, -0.2) is 9.97 Å². The molecule has 0 aliphatic carbocycles. The number of nitrogens with one attached hydrogen (secondary N) is 2. The van der Waals surface area contributed by atoms with E-state index in [1.807, 2.05) is 18.4 Å². The fraction of sp³-hybridized carbons (Fsp3) is 0.294. The van der Waals surface area contributed by atoms with E-state index in [-0.39, 0.29) is 23.0 Å². The molecule has 0 spiro atoms. The van der Waals surface area contributed by atoms with Gasteiger partial charge in [0.05, 0.1) is 24.0 Å². The largest absolute Gasteiger partial charge is 0.495 e. The predicted octanol–water partition coefficient (Wildman–Crippen LogP) is 3.01. The molecule has 0 aliphatic rings. The van der Waals surface area contributed by atoms with E-state index in [4.69, 9.17) is 16.3 Å². The SMILES string of the molecule is COc1ccccc1NC(=O)CCCNC(=O)c1nc(SC)ncc1Cl. The molecule has 2 rings (SSSR count). The number of aromatic nitrogens is 2. The van der Waals surface area contributed by atoms with Crippen LogP contribution in [-0.2, 0) is 4.79 Å². The fourth-order valence-electron chi connectivity index (χ4n) is 2.10. The highest BCUT2D eigenvalue weighted by atomic mass is 35.5. The van der Waals surface area contributed by atoms with Gasteiger partial charge >= 0.3 is 0 Å². The first-order valence-electron chi connectivity index (χ1n) is 7.82. The Bertz CT molecular complexity index is 788. The van der Waals surface area contributed by atoms with Crippen LogP contribution >= 0.6 is 23.4 Å². The number of benzene rings is 1. The monoisotopic (exact) mass is 394 g/mol. The minimum atomic E-state index is -0.391. The van der Waals surface area contributed by atoms with Crippen molar-refractivity contribution >= 4 is 40.9 Å². The maximum Gasteiger partial charge on any atom is 0.271 e. The topological polar surface area (TPSA) is 93.2 Å². The molecule has 2 N–H and O–H groups in total. The van der Waals surface area contributed by atoms with Gasteiger partial charge in [-0.2, -0.15) is 0 Å². The van der Waals surface area contributed by atoms with Crippen molar-refractivity contribution in [3.8, 4) is 5.75 Å². The predicted molar refractivity (Wildman–Crippen MR) is 102 cm³/mol. The van der Waals surface area contributed by atoms with Crippen LogP contribution in [0.3, 0.4) is 0 Å². The molecule has 1 aromatic carbocycles. The summed E-state index contributed by atoms with van der Waals surface area (Å²) >= 11 is 7.28. The number of anilines is 1. The molecule has 7 nitrogen and oxygen atoms in total. The van der Waals surface area contributed by atoms with E-state index in [0.717, 1.165) is 0 Å². The van der Waals surface area contributed by atoms with Crippen LogP contribution in [0.1, 0.15) is 23.3 Å². The van der Waals surface area contributed by atoms with E-state index < -0.39 is 5.91 Å². The highest BCUT2D eigenvalue weighted by molar-refractivity contribution is 7.98. The molecule has 1 aromatic heterocycles. The lowest BCUT2D eigenvalue weighted by Gasteiger charge is -2.10. The standard InChI is InChI=1S/C17H19ClN4O3S/c1-25-13-7-4-3-6-12(13)21-14(23)8-5-9-19-16(24)15-11(18)10-20-17(22-15)26-2/h3-4,6-7,10H,5,8-9H2,1-2H3,(H,19,24)(H,21,23). The van der Waals surface area contributed by atoms with Gasteiger partial charge in [-0.1, -0.05) is 35.5 Å². The van der Waals surface area contributed by atoms with Crippen molar-refractivity contribution in [2.75, 3.05) is 25.2 Å². The maximum atomic E-state index is 12.1. The van der Waals surface area contributed by atoms with Gasteiger partial charge in [0.1, 0.15) is 5.75 Å². The Morgan fingerprint density at radius 2 is 2.08 bits per heavy atom. The quantitative estimate of drug-likeness (QED) is 0.406. The van der Waals surface area contributed by atoms with E-state index in [1.54, 1.807) is 19.2 Å². The smallest absolute Gasteiger partial charge is 0.271 e. The van der Waals surface area contributed by atoms with Crippen molar-refractivity contribution in [1.82, 2.24) is 15.3 Å². The molecule has 0 atom stereocenters. The summed E-state index contributed by atoms with van der Waals surface area (Å²) in [6.45, 7) is 0.326. The highest BCUT2D eigenvalue weighted by Gasteiger charge is 2.14. The first-order valence-corrected chi connectivity index (χ1v) is 9.43. The van der Waals surface area contributed by atoms with Crippen LogP contribution in [0.2, 0.25) is 5.02 Å². The molecule has 0 aliphatic heterocycles. The molecular formula is C17H19ClN4O3S. The molecule has 9 heteroatoms. The van der Waals surface area contributed by atoms with Crippen molar-refractivity contribution < 1.29 is 14.3 Å². The molecular weight excluding hydrogens is 376 g/mol. The van der Waals surface area contributed by atoms with Gasteiger partial charge in [0.2, 0.25) is 5.91 Å². The van der Waals surface area contributed by atoms with E-state index in [9.17, 15) is 9.59 Å². The Morgan fingerprint density at radius 3 is 2.81 bits per heavy atom. The van der Waals surface area contributed by atoms with Gasteiger partial charge in [0, 0.05) is 13.0 Å². The van der Waals surface area contributed by atoms with Crippen LogP contribution < -0.4 is 15.4 Å². The third-order valence-electron chi connectivity index (χ3n) is 3.37. The Kier molecular flexibility index (Phi) is 7.68. The van der Waals surface area contributed by atoms with Crippen LogP contribution in [0.5, 0.6) is 5.75 Å². The zero-order valence-corrected chi connectivity index (χ0v) is 16.0. The number of hydrogen-bond donors (Lipinski definition) is 2. The lowest BCUT2D eigenvalue weighted by molar-refractivity contribution is -0.116.